The number of nitrogens with one attached hydrogen (secondary N) is 1. The number of anilines is 1. The summed E-state index contributed by atoms with van der Waals surface area (Å²) in [5.74, 6) is 0.348. The van der Waals surface area contributed by atoms with Gasteiger partial charge in [0.15, 0.2) is 5.13 Å². The maximum atomic E-state index is 13.3. The van der Waals surface area contributed by atoms with Crippen LogP contribution in [0.15, 0.2) is 47.2 Å². The number of likely N-dealkylation sites (tertiary alicyclic amines) is 1. The van der Waals surface area contributed by atoms with Crippen LogP contribution >= 0.6 is 22.7 Å². The smallest absolute Gasteiger partial charge is 0.270 e. The number of amides is 2. The van der Waals surface area contributed by atoms with Crippen molar-refractivity contribution in [2.24, 2.45) is 0 Å². The number of ether oxygens (including phenoxy) is 1. The summed E-state index contributed by atoms with van der Waals surface area (Å²) in [6, 6.07) is 11.0. The fourth-order valence-corrected chi connectivity index (χ4v) is 6.05. The maximum Gasteiger partial charge on any atom is 0.270 e. The number of thiophene rings is 1. The highest BCUT2D eigenvalue weighted by atomic mass is 32.1. The largest absolute Gasteiger partial charge is 0.475 e. The molecule has 8 nitrogen and oxygen atoms in total. The molecule has 4 heterocycles. The summed E-state index contributed by atoms with van der Waals surface area (Å²) in [6.07, 6.45) is 0.917. The Morgan fingerprint density at radius 2 is 2.09 bits per heavy atom. The van der Waals surface area contributed by atoms with Crippen LogP contribution in [0.4, 0.5) is 5.13 Å². The van der Waals surface area contributed by atoms with Crippen LogP contribution in [-0.2, 0) is 4.79 Å². The summed E-state index contributed by atoms with van der Waals surface area (Å²) in [5, 5.41) is 7.23. The molecule has 2 unspecified atom stereocenters. The van der Waals surface area contributed by atoms with Gasteiger partial charge in [-0.2, -0.15) is 0 Å². The van der Waals surface area contributed by atoms with E-state index >= 15 is 0 Å². The van der Waals surface area contributed by atoms with Crippen molar-refractivity contribution in [2.45, 2.75) is 31.9 Å². The van der Waals surface area contributed by atoms with E-state index in [4.69, 9.17) is 4.74 Å². The molecule has 3 aromatic rings. The number of para-hydroxylation sites is 1. The molecule has 2 aliphatic rings. The van der Waals surface area contributed by atoms with Gasteiger partial charge >= 0.3 is 0 Å². The Hall–Kier alpha value is -3.08. The van der Waals surface area contributed by atoms with E-state index in [-0.39, 0.29) is 23.6 Å². The average molecular weight is 511 g/mol. The number of nitrogens with zero attached hydrogens (tertiary/aromatic N) is 3. The molecule has 2 atom stereocenters. The summed E-state index contributed by atoms with van der Waals surface area (Å²) < 4.78 is 5.87. The zero-order valence-corrected chi connectivity index (χ0v) is 20.9. The van der Waals surface area contributed by atoms with E-state index in [9.17, 15) is 14.4 Å². The number of hydrogen-bond donors (Lipinski definition) is 1. The van der Waals surface area contributed by atoms with Crippen LogP contribution < -0.4 is 15.0 Å². The first-order chi connectivity index (χ1) is 17.0. The van der Waals surface area contributed by atoms with Crippen LogP contribution in [0, 0.1) is 0 Å². The Morgan fingerprint density at radius 1 is 1.23 bits per heavy atom. The van der Waals surface area contributed by atoms with E-state index in [1.807, 2.05) is 29.6 Å². The molecule has 1 saturated heterocycles. The average Bonchev–Trinajstić information content (AvgIpc) is 3.64. The molecule has 2 aromatic heterocycles. The number of benzene rings is 1. The highest BCUT2D eigenvalue weighted by Gasteiger charge is 2.36. The van der Waals surface area contributed by atoms with Gasteiger partial charge in [0.05, 0.1) is 10.4 Å². The Labute approximate surface area is 211 Å². The zero-order valence-electron chi connectivity index (χ0n) is 19.3. The first-order valence-corrected chi connectivity index (χ1v) is 13.4. The fourth-order valence-electron chi connectivity index (χ4n) is 4.52. The van der Waals surface area contributed by atoms with Crippen molar-refractivity contribution >= 4 is 45.4 Å². The van der Waals surface area contributed by atoms with E-state index in [0.29, 0.717) is 33.6 Å². The van der Waals surface area contributed by atoms with Crippen molar-refractivity contribution in [3.8, 4) is 5.75 Å². The highest BCUT2D eigenvalue weighted by molar-refractivity contribution is 7.14. The predicted octanol–water partition coefficient (Wildman–Crippen LogP) is 3.77. The maximum absolute atomic E-state index is 13.3. The van der Waals surface area contributed by atoms with Crippen molar-refractivity contribution in [3.63, 3.8) is 0 Å². The number of thiazole rings is 1. The summed E-state index contributed by atoms with van der Waals surface area (Å²) in [7, 11) is 0. The quantitative estimate of drug-likeness (QED) is 0.496. The van der Waals surface area contributed by atoms with Crippen molar-refractivity contribution < 1.29 is 19.1 Å². The van der Waals surface area contributed by atoms with E-state index in [1.54, 1.807) is 29.3 Å². The topological polar surface area (TPSA) is 91.8 Å². The summed E-state index contributed by atoms with van der Waals surface area (Å²) in [6.45, 7) is 4.61. The van der Waals surface area contributed by atoms with Gasteiger partial charge < -0.3 is 15.0 Å². The molecule has 0 bridgehead atoms. The Balaban J connectivity index is 1.28. The standard InChI is InChI=1S/C25H26N4O4S2/c1-16(30)26-17-9-12-28(14-17)10-5-11-29(24(32)21-8-4-13-34-21)25-27-19(15-35-25)23-22(31)18-6-2-3-7-20(18)33-23/h2-4,6-8,13,15,17,23H,5,9-12,14H2,1H3,(H,26,30). The minimum atomic E-state index is -0.786. The van der Waals surface area contributed by atoms with E-state index in [1.165, 1.54) is 22.7 Å². The third kappa shape index (κ3) is 5.14. The van der Waals surface area contributed by atoms with E-state index in [2.05, 4.69) is 15.2 Å². The molecule has 1 aromatic carbocycles. The molecule has 5 rings (SSSR count). The van der Waals surface area contributed by atoms with Gasteiger partial charge in [-0.1, -0.05) is 18.2 Å². The first kappa shape index (κ1) is 23.7. The lowest BCUT2D eigenvalue weighted by Gasteiger charge is -2.22. The van der Waals surface area contributed by atoms with Crippen LogP contribution in [0.1, 0.15) is 51.6 Å². The fraction of sp³-hybridized carbons (Fsp3) is 0.360. The molecule has 1 N–H and O–H groups in total. The number of fused-ring (bicyclic) bond motifs is 1. The normalized spacial score (nSPS) is 19.4. The van der Waals surface area contributed by atoms with Gasteiger partial charge in [0.25, 0.3) is 5.91 Å². The molecule has 10 heteroatoms. The number of ketones is 1. The molecule has 0 radical (unpaired) electrons. The number of carbonyl (C=O) groups is 3. The third-order valence-electron chi connectivity index (χ3n) is 6.16. The zero-order chi connectivity index (χ0) is 24.4. The van der Waals surface area contributed by atoms with Gasteiger partial charge in [-0.15, -0.1) is 22.7 Å². The lowest BCUT2D eigenvalue weighted by molar-refractivity contribution is -0.119. The van der Waals surface area contributed by atoms with Crippen molar-refractivity contribution in [2.75, 3.05) is 31.1 Å². The first-order valence-electron chi connectivity index (χ1n) is 11.6. The predicted molar refractivity (Wildman–Crippen MR) is 136 cm³/mol. The molecular weight excluding hydrogens is 484 g/mol. The van der Waals surface area contributed by atoms with Crippen LogP contribution in [0.3, 0.4) is 0 Å². The number of aromatic nitrogens is 1. The second kappa shape index (κ2) is 10.3. The minimum Gasteiger partial charge on any atom is -0.475 e. The van der Waals surface area contributed by atoms with Crippen LogP contribution in [0.5, 0.6) is 5.75 Å². The highest BCUT2D eigenvalue weighted by Crippen LogP contribution is 2.38. The monoisotopic (exact) mass is 510 g/mol. The van der Waals surface area contributed by atoms with Gasteiger partial charge in [-0.3, -0.25) is 19.3 Å². The molecule has 0 aliphatic carbocycles. The molecule has 0 spiro atoms. The number of rotatable bonds is 8. The number of hydrogen-bond acceptors (Lipinski definition) is 8. The second-order valence-electron chi connectivity index (χ2n) is 8.69. The Bertz CT molecular complexity index is 1230. The SMILES string of the molecule is CC(=O)NC1CCN(CCCN(C(=O)c2cccs2)c2nc(C3Oc4ccccc4C3=O)cs2)C1. The molecule has 2 aliphatic heterocycles. The summed E-state index contributed by atoms with van der Waals surface area (Å²) in [5.41, 5.74) is 1.08. The molecular formula is C25H26N4O4S2. The lowest BCUT2D eigenvalue weighted by atomic mass is 10.1. The van der Waals surface area contributed by atoms with Crippen molar-refractivity contribution in [1.29, 1.82) is 0 Å². The number of carbonyl (C=O) groups excluding carboxylic acids is 3. The van der Waals surface area contributed by atoms with Crippen molar-refractivity contribution in [3.05, 3.63) is 63.3 Å². The van der Waals surface area contributed by atoms with Gasteiger partial charge in [0.2, 0.25) is 17.8 Å². The molecule has 2 amide bonds. The molecule has 1 fully saturated rings. The van der Waals surface area contributed by atoms with Crippen LogP contribution in [0.2, 0.25) is 0 Å². The van der Waals surface area contributed by atoms with Gasteiger partial charge in [0.1, 0.15) is 11.4 Å². The second-order valence-corrected chi connectivity index (χ2v) is 10.5. The van der Waals surface area contributed by atoms with Gasteiger partial charge in [-0.05, 0) is 43.0 Å². The van der Waals surface area contributed by atoms with Crippen LogP contribution in [0.25, 0.3) is 0 Å². The third-order valence-corrected chi connectivity index (χ3v) is 7.90. The minimum absolute atomic E-state index is 0.00281. The summed E-state index contributed by atoms with van der Waals surface area (Å²) in [4.78, 5) is 46.8. The molecule has 35 heavy (non-hydrogen) atoms. The van der Waals surface area contributed by atoms with Crippen molar-refractivity contribution in [1.82, 2.24) is 15.2 Å². The Morgan fingerprint density at radius 3 is 2.86 bits per heavy atom. The van der Waals surface area contributed by atoms with Gasteiger partial charge in [-0.25, -0.2) is 4.98 Å². The summed E-state index contributed by atoms with van der Waals surface area (Å²) >= 11 is 2.75. The Kier molecular flexibility index (Phi) is 6.94. The molecule has 182 valence electrons. The number of Topliss-reactive ketones (excluding diaryl/α,β-unsaturated/α-hetero) is 1. The lowest BCUT2D eigenvalue weighted by Crippen LogP contribution is -2.37. The van der Waals surface area contributed by atoms with E-state index in [0.717, 1.165) is 32.5 Å². The van der Waals surface area contributed by atoms with E-state index < -0.39 is 6.10 Å². The van der Waals surface area contributed by atoms with Gasteiger partial charge in [0, 0.05) is 38.0 Å². The van der Waals surface area contributed by atoms with Crippen LogP contribution in [-0.4, -0.2) is 59.7 Å². The molecule has 0 saturated carbocycles.